The number of aliphatic hydroxyl groups is 1. The third-order valence-electron chi connectivity index (χ3n) is 1.90. The number of aliphatic hydroxyl groups excluding tert-OH is 1. The van der Waals surface area contributed by atoms with E-state index in [1.807, 2.05) is 6.08 Å². The highest BCUT2D eigenvalue weighted by molar-refractivity contribution is 4.84. The van der Waals surface area contributed by atoms with Crippen LogP contribution >= 0.6 is 0 Å². The number of rotatable bonds is 4. The molecule has 1 fully saturated rings. The lowest BCUT2D eigenvalue weighted by Gasteiger charge is -2.05. The van der Waals surface area contributed by atoms with Gasteiger partial charge < -0.3 is 5.11 Å². The van der Waals surface area contributed by atoms with Gasteiger partial charge >= 0.3 is 0 Å². The molecular weight excluding hydrogens is 112 g/mol. The van der Waals surface area contributed by atoms with Crippen molar-refractivity contribution in [1.29, 1.82) is 0 Å². The van der Waals surface area contributed by atoms with Crippen LogP contribution in [0.5, 0.6) is 0 Å². The Labute approximate surface area is 56.4 Å². The van der Waals surface area contributed by atoms with E-state index in [1.54, 1.807) is 0 Å². The van der Waals surface area contributed by atoms with E-state index in [-0.39, 0.29) is 6.61 Å². The van der Waals surface area contributed by atoms with Crippen LogP contribution in [0.15, 0.2) is 12.7 Å². The molecule has 0 unspecified atom stereocenters. The van der Waals surface area contributed by atoms with Crippen molar-refractivity contribution in [3.8, 4) is 0 Å². The van der Waals surface area contributed by atoms with Gasteiger partial charge in [-0.3, -0.25) is 0 Å². The summed E-state index contributed by atoms with van der Waals surface area (Å²) in [6.07, 6.45) is 5.74. The zero-order valence-electron chi connectivity index (χ0n) is 5.71. The summed E-state index contributed by atoms with van der Waals surface area (Å²) in [5, 5.41) is 8.73. The van der Waals surface area contributed by atoms with E-state index in [4.69, 9.17) is 5.11 Å². The second-order valence-electron chi connectivity index (χ2n) is 2.86. The predicted molar refractivity (Wildman–Crippen MR) is 38.1 cm³/mol. The molecule has 1 atom stereocenters. The van der Waals surface area contributed by atoms with Crippen LogP contribution in [0.2, 0.25) is 0 Å². The first-order chi connectivity index (χ1) is 4.36. The van der Waals surface area contributed by atoms with E-state index >= 15 is 0 Å². The topological polar surface area (TPSA) is 20.2 Å². The summed E-state index contributed by atoms with van der Waals surface area (Å²) in [6.45, 7) is 3.93. The fourth-order valence-electron chi connectivity index (χ4n) is 1.03. The first-order valence-electron chi connectivity index (χ1n) is 3.60. The molecule has 0 aromatic rings. The summed E-state index contributed by atoms with van der Waals surface area (Å²) in [6, 6.07) is 0. The summed E-state index contributed by atoms with van der Waals surface area (Å²) >= 11 is 0. The molecule has 1 heteroatoms. The lowest BCUT2D eigenvalue weighted by atomic mass is 10.0. The lowest BCUT2D eigenvalue weighted by Crippen LogP contribution is -2.02. The predicted octanol–water partition coefficient (Wildman–Crippen LogP) is 1.58. The Morgan fingerprint density at radius 1 is 1.67 bits per heavy atom. The van der Waals surface area contributed by atoms with Crippen LogP contribution in [-0.2, 0) is 0 Å². The van der Waals surface area contributed by atoms with Gasteiger partial charge in [0.25, 0.3) is 0 Å². The highest BCUT2D eigenvalue weighted by Gasteiger charge is 2.23. The Morgan fingerprint density at radius 3 is 2.67 bits per heavy atom. The minimum atomic E-state index is 0.278. The van der Waals surface area contributed by atoms with E-state index in [1.165, 1.54) is 12.8 Å². The quantitative estimate of drug-likeness (QED) is 0.567. The number of hydrogen-bond acceptors (Lipinski definition) is 1. The molecule has 1 N–H and O–H groups in total. The number of hydrogen-bond donors (Lipinski definition) is 1. The van der Waals surface area contributed by atoms with Crippen molar-refractivity contribution >= 4 is 0 Å². The highest BCUT2D eigenvalue weighted by Crippen LogP contribution is 2.35. The molecule has 0 aromatic heterocycles. The van der Waals surface area contributed by atoms with Gasteiger partial charge in [0.15, 0.2) is 0 Å². The Balaban J connectivity index is 2.12. The Hall–Kier alpha value is -0.300. The van der Waals surface area contributed by atoms with Crippen molar-refractivity contribution in [2.75, 3.05) is 6.61 Å². The summed E-state index contributed by atoms with van der Waals surface area (Å²) in [7, 11) is 0. The van der Waals surface area contributed by atoms with Crippen LogP contribution < -0.4 is 0 Å². The molecule has 0 saturated heterocycles. The maximum Gasteiger partial charge on any atom is 0.0493 e. The van der Waals surface area contributed by atoms with Gasteiger partial charge in [-0.05, 0) is 18.3 Å². The standard InChI is InChI=1S/C8H14O/c1-2-7(6-9)5-8-3-4-8/h2,7-9H,1,3-6H2/t7-/m0/s1. The van der Waals surface area contributed by atoms with Crippen LogP contribution in [-0.4, -0.2) is 11.7 Å². The van der Waals surface area contributed by atoms with E-state index in [9.17, 15) is 0 Å². The van der Waals surface area contributed by atoms with Gasteiger partial charge in [-0.15, -0.1) is 6.58 Å². The maximum absolute atomic E-state index is 8.73. The average molecular weight is 126 g/mol. The van der Waals surface area contributed by atoms with Gasteiger partial charge in [-0.1, -0.05) is 18.9 Å². The largest absolute Gasteiger partial charge is 0.396 e. The molecule has 1 nitrogen and oxygen atoms in total. The van der Waals surface area contributed by atoms with Gasteiger partial charge in [-0.2, -0.15) is 0 Å². The highest BCUT2D eigenvalue weighted by atomic mass is 16.3. The van der Waals surface area contributed by atoms with Gasteiger partial charge in [-0.25, -0.2) is 0 Å². The Kier molecular flexibility index (Phi) is 2.29. The third-order valence-corrected chi connectivity index (χ3v) is 1.90. The average Bonchev–Trinajstić information content (AvgIpc) is 2.66. The lowest BCUT2D eigenvalue weighted by molar-refractivity contribution is 0.242. The molecule has 0 heterocycles. The molecule has 1 aliphatic carbocycles. The van der Waals surface area contributed by atoms with Crippen LogP contribution in [0.3, 0.4) is 0 Å². The van der Waals surface area contributed by atoms with Gasteiger partial charge in [0.05, 0.1) is 0 Å². The summed E-state index contributed by atoms with van der Waals surface area (Å²) in [5.41, 5.74) is 0. The van der Waals surface area contributed by atoms with E-state index < -0.39 is 0 Å². The Bertz CT molecular complexity index is 94.7. The summed E-state index contributed by atoms with van der Waals surface area (Å²) in [4.78, 5) is 0. The molecule has 0 aliphatic heterocycles. The molecular formula is C8H14O. The molecule has 0 radical (unpaired) electrons. The molecule has 1 rings (SSSR count). The fraction of sp³-hybridized carbons (Fsp3) is 0.750. The van der Waals surface area contributed by atoms with Crippen LogP contribution in [0.4, 0.5) is 0 Å². The van der Waals surface area contributed by atoms with Crippen molar-refractivity contribution < 1.29 is 5.11 Å². The fourth-order valence-corrected chi connectivity index (χ4v) is 1.03. The second-order valence-corrected chi connectivity index (χ2v) is 2.86. The first-order valence-corrected chi connectivity index (χ1v) is 3.60. The third kappa shape index (κ3) is 2.19. The smallest absolute Gasteiger partial charge is 0.0493 e. The van der Waals surface area contributed by atoms with Crippen molar-refractivity contribution in [2.45, 2.75) is 19.3 Å². The van der Waals surface area contributed by atoms with Crippen LogP contribution in [0.1, 0.15) is 19.3 Å². The second kappa shape index (κ2) is 3.02. The van der Waals surface area contributed by atoms with Crippen molar-refractivity contribution in [3.63, 3.8) is 0 Å². The molecule has 0 bridgehead atoms. The molecule has 0 amide bonds. The maximum atomic E-state index is 8.73. The minimum Gasteiger partial charge on any atom is -0.396 e. The van der Waals surface area contributed by atoms with Gasteiger partial charge in [0.1, 0.15) is 0 Å². The zero-order chi connectivity index (χ0) is 6.69. The summed E-state index contributed by atoms with van der Waals surface area (Å²) in [5.74, 6) is 1.26. The minimum absolute atomic E-state index is 0.278. The molecule has 9 heavy (non-hydrogen) atoms. The molecule has 1 saturated carbocycles. The Morgan fingerprint density at radius 2 is 2.33 bits per heavy atom. The first kappa shape index (κ1) is 6.81. The monoisotopic (exact) mass is 126 g/mol. The van der Waals surface area contributed by atoms with Crippen molar-refractivity contribution in [1.82, 2.24) is 0 Å². The van der Waals surface area contributed by atoms with Crippen LogP contribution in [0, 0.1) is 11.8 Å². The van der Waals surface area contributed by atoms with Gasteiger partial charge in [0.2, 0.25) is 0 Å². The van der Waals surface area contributed by atoms with E-state index in [0.29, 0.717) is 5.92 Å². The molecule has 1 aliphatic rings. The summed E-state index contributed by atoms with van der Waals surface area (Å²) < 4.78 is 0. The SMILES string of the molecule is C=C[C@H](CO)CC1CC1. The van der Waals surface area contributed by atoms with Crippen LogP contribution in [0.25, 0.3) is 0 Å². The van der Waals surface area contributed by atoms with Crippen molar-refractivity contribution in [2.24, 2.45) is 11.8 Å². The molecule has 0 aromatic carbocycles. The zero-order valence-corrected chi connectivity index (χ0v) is 5.71. The van der Waals surface area contributed by atoms with E-state index in [2.05, 4.69) is 6.58 Å². The molecule has 0 spiro atoms. The molecule has 52 valence electrons. The van der Waals surface area contributed by atoms with Gasteiger partial charge in [0, 0.05) is 6.61 Å². The van der Waals surface area contributed by atoms with Crippen molar-refractivity contribution in [3.05, 3.63) is 12.7 Å². The van der Waals surface area contributed by atoms with E-state index in [0.717, 1.165) is 12.3 Å². The normalized spacial score (nSPS) is 21.4.